The van der Waals surface area contributed by atoms with E-state index < -0.39 is 17.7 Å². The van der Waals surface area contributed by atoms with Gasteiger partial charge in [0.15, 0.2) is 0 Å². The summed E-state index contributed by atoms with van der Waals surface area (Å²) in [6.45, 7) is 4.94. The third-order valence-electron chi connectivity index (χ3n) is 3.37. The smallest absolute Gasteiger partial charge is 0.231 e. The average molecular weight is 373 g/mol. The first kappa shape index (κ1) is 23.9. The summed E-state index contributed by atoms with van der Waals surface area (Å²) in [7, 11) is 0. The van der Waals surface area contributed by atoms with E-state index in [4.69, 9.17) is 17.2 Å². The van der Waals surface area contributed by atoms with E-state index in [-0.39, 0.29) is 32.0 Å². The van der Waals surface area contributed by atoms with Gasteiger partial charge in [-0.3, -0.25) is 29.0 Å². The van der Waals surface area contributed by atoms with Crippen LogP contribution in [0.25, 0.3) is 0 Å². The molecule has 0 aliphatic heterocycles. The van der Waals surface area contributed by atoms with Crippen molar-refractivity contribution in [2.24, 2.45) is 17.2 Å². The summed E-state index contributed by atoms with van der Waals surface area (Å²) in [5, 5.41) is 5.84. The molecule has 0 aliphatic rings. The molecule has 26 heavy (non-hydrogen) atoms. The van der Waals surface area contributed by atoms with Crippen molar-refractivity contribution in [3.63, 3.8) is 0 Å². The Morgan fingerprint density at radius 3 is 1.46 bits per heavy atom. The maximum atomic E-state index is 11.2. The minimum absolute atomic E-state index is 0.0301. The Hall–Kier alpha value is -2.08. The molecule has 0 aromatic heterocycles. The van der Waals surface area contributed by atoms with Crippen molar-refractivity contribution in [2.45, 2.75) is 6.92 Å². The molecule has 0 fully saturated rings. The number of nitrogens with zero attached hydrogens (tertiary/aromatic N) is 2. The van der Waals surface area contributed by atoms with E-state index in [1.807, 2.05) is 9.80 Å². The highest BCUT2D eigenvalue weighted by atomic mass is 16.2. The summed E-state index contributed by atoms with van der Waals surface area (Å²) in [6.07, 6.45) is 0. The van der Waals surface area contributed by atoms with E-state index in [9.17, 15) is 19.2 Å². The minimum Gasteiger partial charge on any atom is -0.369 e. The number of nitrogens with two attached hydrogens (primary N) is 3. The van der Waals surface area contributed by atoms with Crippen molar-refractivity contribution in [2.75, 3.05) is 65.4 Å². The molecule has 11 heteroatoms. The predicted molar refractivity (Wildman–Crippen MR) is 96.9 cm³/mol. The van der Waals surface area contributed by atoms with Gasteiger partial charge in [0.2, 0.25) is 17.7 Å². The number of rotatable bonds is 17. The Morgan fingerprint density at radius 1 is 0.692 bits per heavy atom. The van der Waals surface area contributed by atoms with Gasteiger partial charge in [0.1, 0.15) is 5.78 Å². The standard InChI is InChI=1S/C15H31N7O4/c1-12(23)8-19-2-4-21(10-14(17)25)6-7-22(11-15(18)26)5-3-20-9-13(16)24/h19-20H,2-11H2,1H3,(H2,16,24)(H2,17,25)(H2,18,26). The molecular weight excluding hydrogens is 342 g/mol. The van der Waals surface area contributed by atoms with Gasteiger partial charge in [0.25, 0.3) is 0 Å². The van der Waals surface area contributed by atoms with Crippen LogP contribution >= 0.6 is 0 Å². The van der Waals surface area contributed by atoms with Gasteiger partial charge in [-0.15, -0.1) is 0 Å². The molecule has 0 bridgehead atoms. The molecule has 8 N–H and O–H groups in total. The van der Waals surface area contributed by atoms with Crippen LogP contribution in [0.5, 0.6) is 0 Å². The van der Waals surface area contributed by atoms with Crippen molar-refractivity contribution in [1.82, 2.24) is 20.4 Å². The van der Waals surface area contributed by atoms with Crippen LogP contribution < -0.4 is 27.8 Å². The third-order valence-corrected chi connectivity index (χ3v) is 3.37. The lowest BCUT2D eigenvalue weighted by Gasteiger charge is -2.26. The third kappa shape index (κ3) is 15.4. The van der Waals surface area contributed by atoms with Crippen LogP contribution in [0.4, 0.5) is 0 Å². The monoisotopic (exact) mass is 373 g/mol. The Bertz CT molecular complexity index is 431. The average Bonchev–Trinajstić information content (AvgIpc) is 2.51. The van der Waals surface area contributed by atoms with E-state index in [1.165, 1.54) is 6.92 Å². The SMILES string of the molecule is CC(=O)CNCCN(CCN(CCNCC(N)=O)CC(N)=O)CC(N)=O. The van der Waals surface area contributed by atoms with Gasteiger partial charge in [-0.25, -0.2) is 0 Å². The number of amides is 3. The van der Waals surface area contributed by atoms with E-state index in [0.29, 0.717) is 39.3 Å². The van der Waals surface area contributed by atoms with Crippen molar-refractivity contribution in [1.29, 1.82) is 0 Å². The lowest BCUT2D eigenvalue weighted by atomic mass is 10.3. The molecule has 0 saturated carbocycles. The highest BCUT2D eigenvalue weighted by molar-refractivity contribution is 5.77. The van der Waals surface area contributed by atoms with Crippen LogP contribution in [-0.2, 0) is 19.2 Å². The molecule has 0 aliphatic carbocycles. The summed E-state index contributed by atoms with van der Waals surface area (Å²) in [6, 6.07) is 0. The lowest BCUT2D eigenvalue weighted by molar-refractivity contribution is -0.120. The van der Waals surface area contributed by atoms with E-state index in [2.05, 4.69) is 10.6 Å². The number of primary amides is 3. The summed E-state index contributed by atoms with van der Waals surface area (Å²) in [5.74, 6) is -1.36. The van der Waals surface area contributed by atoms with Gasteiger partial charge in [-0.2, -0.15) is 0 Å². The molecule has 0 unspecified atom stereocenters. The Kier molecular flexibility index (Phi) is 13.0. The van der Waals surface area contributed by atoms with Crippen LogP contribution in [0.3, 0.4) is 0 Å². The summed E-state index contributed by atoms with van der Waals surface area (Å²) in [4.78, 5) is 47.7. The van der Waals surface area contributed by atoms with Gasteiger partial charge in [0.05, 0.1) is 26.2 Å². The second-order valence-corrected chi connectivity index (χ2v) is 6.01. The Balaban J connectivity index is 4.41. The van der Waals surface area contributed by atoms with Crippen molar-refractivity contribution >= 4 is 23.5 Å². The number of carbonyl (C=O) groups excluding carboxylic acids is 4. The largest absolute Gasteiger partial charge is 0.369 e. The second kappa shape index (κ2) is 14.1. The molecule has 0 radical (unpaired) electrons. The van der Waals surface area contributed by atoms with Crippen LogP contribution in [0, 0.1) is 0 Å². The van der Waals surface area contributed by atoms with Gasteiger partial charge < -0.3 is 27.8 Å². The molecule has 0 rings (SSSR count). The van der Waals surface area contributed by atoms with Gasteiger partial charge >= 0.3 is 0 Å². The molecule has 3 amide bonds. The predicted octanol–water partition coefficient (Wildman–Crippen LogP) is -4.19. The van der Waals surface area contributed by atoms with Crippen LogP contribution in [0.15, 0.2) is 0 Å². The number of ketones is 1. The maximum absolute atomic E-state index is 11.2. The molecule has 0 aromatic carbocycles. The van der Waals surface area contributed by atoms with E-state index in [1.54, 1.807) is 0 Å². The first-order valence-electron chi connectivity index (χ1n) is 8.41. The molecule has 0 atom stereocenters. The number of nitrogens with one attached hydrogen (secondary N) is 2. The van der Waals surface area contributed by atoms with Crippen molar-refractivity contribution < 1.29 is 19.2 Å². The zero-order valence-corrected chi connectivity index (χ0v) is 15.3. The highest BCUT2D eigenvalue weighted by Crippen LogP contribution is 1.93. The molecule has 0 spiro atoms. The number of Topliss-reactive ketones (excluding diaryl/α,β-unsaturated/α-hetero) is 1. The Morgan fingerprint density at radius 2 is 1.12 bits per heavy atom. The summed E-state index contributed by atoms with van der Waals surface area (Å²) >= 11 is 0. The number of hydrogen-bond donors (Lipinski definition) is 5. The second-order valence-electron chi connectivity index (χ2n) is 6.01. The minimum atomic E-state index is -0.468. The fourth-order valence-electron chi connectivity index (χ4n) is 2.21. The summed E-state index contributed by atoms with van der Waals surface area (Å²) < 4.78 is 0. The normalized spacial score (nSPS) is 11.0. The molecule has 11 nitrogen and oxygen atoms in total. The van der Waals surface area contributed by atoms with Crippen molar-refractivity contribution in [3.8, 4) is 0 Å². The van der Waals surface area contributed by atoms with Crippen LogP contribution in [0.2, 0.25) is 0 Å². The topological polar surface area (TPSA) is 177 Å². The highest BCUT2D eigenvalue weighted by Gasteiger charge is 2.13. The number of hydrogen-bond acceptors (Lipinski definition) is 8. The van der Waals surface area contributed by atoms with E-state index in [0.717, 1.165) is 0 Å². The number of carbonyl (C=O) groups is 4. The fourth-order valence-corrected chi connectivity index (χ4v) is 2.21. The van der Waals surface area contributed by atoms with Gasteiger partial charge in [-0.05, 0) is 6.92 Å². The first-order chi connectivity index (χ1) is 12.2. The van der Waals surface area contributed by atoms with E-state index >= 15 is 0 Å². The molecule has 0 aromatic rings. The van der Waals surface area contributed by atoms with Gasteiger partial charge in [-0.1, -0.05) is 0 Å². The maximum Gasteiger partial charge on any atom is 0.231 e. The molecular formula is C15H31N7O4. The Labute approximate surface area is 153 Å². The zero-order valence-electron chi connectivity index (χ0n) is 15.3. The molecule has 0 saturated heterocycles. The van der Waals surface area contributed by atoms with Crippen LogP contribution in [0.1, 0.15) is 6.92 Å². The fraction of sp³-hybridized carbons (Fsp3) is 0.733. The van der Waals surface area contributed by atoms with Crippen LogP contribution in [-0.4, -0.2) is 98.8 Å². The summed E-state index contributed by atoms with van der Waals surface area (Å²) in [5.41, 5.74) is 15.6. The quantitative estimate of drug-likeness (QED) is 0.159. The van der Waals surface area contributed by atoms with Crippen molar-refractivity contribution in [3.05, 3.63) is 0 Å². The lowest BCUT2D eigenvalue weighted by Crippen LogP contribution is -2.46. The molecule has 150 valence electrons. The first-order valence-corrected chi connectivity index (χ1v) is 8.41. The van der Waals surface area contributed by atoms with Gasteiger partial charge in [0, 0.05) is 39.3 Å². The molecule has 0 heterocycles. The zero-order chi connectivity index (χ0) is 19.9.